The molecule has 98 valence electrons. The van der Waals surface area contributed by atoms with Crippen LogP contribution in [0.5, 0.6) is 0 Å². The van der Waals surface area contributed by atoms with Crippen LogP contribution in [0.25, 0.3) is 0 Å². The number of hydrogen-bond donors (Lipinski definition) is 2. The second-order valence-electron chi connectivity index (χ2n) is 4.47. The highest BCUT2D eigenvalue weighted by atomic mass is 16.4. The van der Waals surface area contributed by atoms with Crippen LogP contribution < -0.4 is 10.6 Å². The van der Waals surface area contributed by atoms with Gasteiger partial charge in [-0.2, -0.15) is 0 Å². The predicted molar refractivity (Wildman–Crippen MR) is 77.1 cm³/mol. The standard InChI is InChI=1S/C15H16N2O2/c1-10-3-5-11(6-4-10)17(2)12-7-8-14(16)13(9-12)15(18)19/h3-9H,16H2,1-2H3,(H,18,19). The van der Waals surface area contributed by atoms with E-state index in [4.69, 9.17) is 10.8 Å². The number of nitrogen functional groups attached to an aromatic ring is 1. The summed E-state index contributed by atoms with van der Waals surface area (Å²) in [5, 5.41) is 9.08. The summed E-state index contributed by atoms with van der Waals surface area (Å²) in [4.78, 5) is 13.0. The summed E-state index contributed by atoms with van der Waals surface area (Å²) in [6, 6.07) is 13.0. The SMILES string of the molecule is Cc1ccc(N(C)c2ccc(N)c(C(=O)O)c2)cc1. The summed E-state index contributed by atoms with van der Waals surface area (Å²) in [6.07, 6.45) is 0. The van der Waals surface area contributed by atoms with E-state index in [1.165, 1.54) is 5.56 Å². The highest BCUT2D eigenvalue weighted by Gasteiger charge is 2.11. The van der Waals surface area contributed by atoms with Crippen LogP contribution in [0, 0.1) is 6.92 Å². The Labute approximate surface area is 112 Å². The minimum atomic E-state index is -1.02. The first-order valence-electron chi connectivity index (χ1n) is 5.92. The van der Waals surface area contributed by atoms with Gasteiger partial charge in [0.1, 0.15) is 0 Å². The summed E-state index contributed by atoms with van der Waals surface area (Å²) < 4.78 is 0. The number of carboxylic acid groups (broad SMARTS) is 1. The van der Waals surface area contributed by atoms with Gasteiger partial charge in [-0.25, -0.2) is 4.79 Å². The summed E-state index contributed by atoms with van der Waals surface area (Å²) in [7, 11) is 1.89. The Kier molecular flexibility index (Phi) is 3.42. The minimum absolute atomic E-state index is 0.122. The molecule has 2 aromatic carbocycles. The molecule has 0 radical (unpaired) electrons. The van der Waals surface area contributed by atoms with Gasteiger partial charge in [0.25, 0.3) is 0 Å². The molecule has 0 aromatic heterocycles. The fraction of sp³-hybridized carbons (Fsp3) is 0.133. The maximum Gasteiger partial charge on any atom is 0.337 e. The Morgan fingerprint density at radius 3 is 2.26 bits per heavy atom. The Morgan fingerprint density at radius 1 is 1.11 bits per heavy atom. The van der Waals surface area contributed by atoms with E-state index < -0.39 is 5.97 Å². The Bertz CT molecular complexity index is 606. The third-order valence-electron chi connectivity index (χ3n) is 3.08. The molecule has 2 aromatic rings. The molecule has 0 aliphatic rings. The monoisotopic (exact) mass is 256 g/mol. The highest BCUT2D eigenvalue weighted by molar-refractivity contribution is 5.95. The van der Waals surface area contributed by atoms with Gasteiger partial charge in [-0.15, -0.1) is 0 Å². The number of nitrogens with zero attached hydrogens (tertiary/aromatic N) is 1. The van der Waals surface area contributed by atoms with E-state index in [9.17, 15) is 4.79 Å². The number of rotatable bonds is 3. The molecular formula is C15H16N2O2. The Balaban J connectivity index is 2.38. The van der Waals surface area contributed by atoms with Crippen molar-refractivity contribution >= 4 is 23.0 Å². The second-order valence-corrected chi connectivity index (χ2v) is 4.47. The van der Waals surface area contributed by atoms with Gasteiger partial charge in [-0.05, 0) is 37.3 Å². The first kappa shape index (κ1) is 13.0. The molecule has 0 fully saturated rings. The fourth-order valence-electron chi connectivity index (χ4n) is 1.86. The zero-order valence-electron chi connectivity index (χ0n) is 10.9. The van der Waals surface area contributed by atoms with E-state index in [0.717, 1.165) is 11.4 Å². The van der Waals surface area contributed by atoms with E-state index in [-0.39, 0.29) is 11.3 Å². The van der Waals surface area contributed by atoms with Crippen LogP contribution in [0.4, 0.5) is 17.1 Å². The largest absolute Gasteiger partial charge is 0.478 e. The van der Waals surface area contributed by atoms with Gasteiger partial charge in [0.05, 0.1) is 5.56 Å². The fourth-order valence-corrected chi connectivity index (χ4v) is 1.86. The normalized spacial score (nSPS) is 10.2. The van der Waals surface area contributed by atoms with E-state index in [1.807, 2.05) is 49.2 Å². The average molecular weight is 256 g/mol. The molecule has 0 heterocycles. The van der Waals surface area contributed by atoms with E-state index in [0.29, 0.717) is 0 Å². The molecule has 0 amide bonds. The molecule has 0 spiro atoms. The molecule has 0 saturated carbocycles. The molecule has 2 rings (SSSR count). The zero-order chi connectivity index (χ0) is 14.0. The van der Waals surface area contributed by atoms with Crippen molar-refractivity contribution in [1.29, 1.82) is 0 Å². The molecule has 0 atom stereocenters. The third-order valence-corrected chi connectivity index (χ3v) is 3.08. The number of nitrogens with two attached hydrogens (primary N) is 1. The van der Waals surface area contributed by atoms with Crippen molar-refractivity contribution in [3.63, 3.8) is 0 Å². The molecule has 4 heteroatoms. The third kappa shape index (κ3) is 2.68. The number of aromatic carboxylic acids is 1. The molecule has 0 saturated heterocycles. The van der Waals surface area contributed by atoms with Gasteiger partial charge in [0.2, 0.25) is 0 Å². The number of carbonyl (C=O) groups is 1. The summed E-state index contributed by atoms with van der Waals surface area (Å²) in [5.74, 6) is -1.02. The quantitative estimate of drug-likeness (QED) is 0.828. The Morgan fingerprint density at radius 2 is 1.68 bits per heavy atom. The van der Waals surface area contributed by atoms with Crippen LogP contribution in [-0.2, 0) is 0 Å². The average Bonchev–Trinajstić information content (AvgIpc) is 2.39. The maximum absolute atomic E-state index is 11.1. The topological polar surface area (TPSA) is 66.6 Å². The number of aryl methyl sites for hydroxylation is 1. The van der Waals surface area contributed by atoms with Crippen molar-refractivity contribution < 1.29 is 9.90 Å². The van der Waals surface area contributed by atoms with Crippen molar-refractivity contribution in [3.8, 4) is 0 Å². The lowest BCUT2D eigenvalue weighted by atomic mass is 10.1. The number of hydrogen-bond acceptors (Lipinski definition) is 3. The zero-order valence-corrected chi connectivity index (χ0v) is 10.9. The van der Waals surface area contributed by atoms with Gasteiger partial charge in [0.15, 0.2) is 0 Å². The molecule has 0 aliphatic carbocycles. The molecule has 3 N–H and O–H groups in total. The van der Waals surface area contributed by atoms with Crippen molar-refractivity contribution in [3.05, 3.63) is 53.6 Å². The summed E-state index contributed by atoms with van der Waals surface area (Å²) >= 11 is 0. The molecule has 4 nitrogen and oxygen atoms in total. The molecule has 0 unspecified atom stereocenters. The van der Waals surface area contributed by atoms with Crippen molar-refractivity contribution in [2.75, 3.05) is 17.7 Å². The van der Waals surface area contributed by atoms with Crippen LogP contribution in [-0.4, -0.2) is 18.1 Å². The van der Waals surface area contributed by atoms with Gasteiger partial charge < -0.3 is 15.7 Å². The van der Waals surface area contributed by atoms with Crippen molar-refractivity contribution in [2.24, 2.45) is 0 Å². The number of anilines is 3. The number of carboxylic acids is 1. The van der Waals surface area contributed by atoms with Crippen LogP contribution in [0.15, 0.2) is 42.5 Å². The van der Waals surface area contributed by atoms with Gasteiger partial charge in [-0.3, -0.25) is 0 Å². The lowest BCUT2D eigenvalue weighted by Crippen LogP contribution is -2.11. The molecule has 19 heavy (non-hydrogen) atoms. The molecule has 0 aliphatic heterocycles. The van der Waals surface area contributed by atoms with Gasteiger partial charge in [-0.1, -0.05) is 17.7 Å². The van der Waals surface area contributed by atoms with Crippen LogP contribution >= 0.6 is 0 Å². The lowest BCUT2D eigenvalue weighted by molar-refractivity contribution is 0.0698. The molecular weight excluding hydrogens is 240 g/mol. The van der Waals surface area contributed by atoms with Gasteiger partial charge >= 0.3 is 5.97 Å². The molecule has 0 bridgehead atoms. The van der Waals surface area contributed by atoms with Crippen LogP contribution in [0.3, 0.4) is 0 Å². The van der Waals surface area contributed by atoms with E-state index in [2.05, 4.69) is 0 Å². The van der Waals surface area contributed by atoms with Crippen LogP contribution in [0.2, 0.25) is 0 Å². The number of benzene rings is 2. The highest BCUT2D eigenvalue weighted by Crippen LogP contribution is 2.26. The summed E-state index contributed by atoms with van der Waals surface area (Å²) in [6.45, 7) is 2.02. The second kappa shape index (κ2) is 5.02. The lowest BCUT2D eigenvalue weighted by Gasteiger charge is -2.20. The van der Waals surface area contributed by atoms with E-state index in [1.54, 1.807) is 12.1 Å². The van der Waals surface area contributed by atoms with Crippen LogP contribution in [0.1, 0.15) is 15.9 Å². The van der Waals surface area contributed by atoms with Crippen molar-refractivity contribution in [2.45, 2.75) is 6.92 Å². The van der Waals surface area contributed by atoms with E-state index >= 15 is 0 Å². The van der Waals surface area contributed by atoms with Crippen molar-refractivity contribution in [1.82, 2.24) is 0 Å². The summed E-state index contributed by atoms with van der Waals surface area (Å²) in [5.41, 5.74) is 9.00. The Hall–Kier alpha value is -2.49. The smallest absolute Gasteiger partial charge is 0.337 e. The van der Waals surface area contributed by atoms with Gasteiger partial charge in [0, 0.05) is 24.1 Å². The first-order valence-corrected chi connectivity index (χ1v) is 5.92. The first-order chi connectivity index (χ1) is 8.99. The minimum Gasteiger partial charge on any atom is -0.478 e. The predicted octanol–water partition coefficient (Wildman–Crippen LogP) is 3.04. The maximum atomic E-state index is 11.1.